The topological polar surface area (TPSA) is 66.4 Å². The number of carboxylic acids is 1. The molecule has 1 fully saturated rings. The highest BCUT2D eigenvalue weighted by molar-refractivity contribution is 5.98. The number of carbonyl (C=O) groups excluding carboxylic acids is 1. The number of halogens is 2. The second-order valence-electron chi connectivity index (χ2n) is 4.55. The van der Waals surface area contributed by atoms with Gasteiger partial charge in [-0.15, -0.1) is 0 Å². The number of carboxylic acid groups (broad SMARTS) is 1. The maximum atomic E-state index is 13.0. The van der Waals surface area contributed by atoms with E-state index in [-0.39, 0.29) is 5.56 Å². The van der Waals surface area contributed by atoms with E-state index in [1.54, 1.807) is 0 Å². The molecule has 0 saturated heterocycles. The number of anilines is 1. The van der Waals surface area contributed by atoms with Crippen LogP contribution in [0.5, 0.6) is 0 Å². The highest BCUT2D eigenvalue weighted by Crippen LogP contribution is 2.60. The van der Waals surface area contributed by atoms with Crippen molar-refractivity contribution >= 4 is 17.6 Å². The van der Waals surface area contributed by atoms with Crippen LogP contribution in [0.3, 0.4) is 0 Å². The van der Waals surface area contributed by atoms with Crippen LogP contribution in [0.25, 0.3) is 0 Å². The molecule has 0 aliphatic heterocycles. The zero-order valence-corrected chi connectivity index (χ0v) is 9.54. The summed E-state index contributed by atoms with van der Waals surface area (Å²) in [6, 6.07) is 5.33. The summed E-state index contributed by atoms with van der Waals surface area (Å²) in [7, 11) is 0. The molecule has 0 unspecified atom stereocenters. The molecule has 0 aromatic heterocycles. The summed E-state index contributed by atoms with van der Waals surface area (Å²) in [6.45, 7) is 1.20. The van der Waals surface area contributed by atoms with Crippen LogP contribution in [-0.2, 0) is 4.79 Å². The largest absolute Gasteiger partial charge is 0.478 e. The lowest BCUT2D eigenvalue weighted by Gasteiger charge is -2.11. The molecule has 0 bridgehead atoms. The van der Waals surface area contributed by atoms with Gasteiger partial charge in [-0.3, -0.25) is 4.79 Å². The summed E-state index contributed by atoms with van der Waals surface area (Å²) < 4.78 is 25.9. The lowest BCUT2D eigenvalue weighted by Crippen LogP contribution is -2.26. The van der Waals surface area contributed by atoms with Crippen LogP contribution in [0.2, 0.25) is 0 Å². The first-order valence-electron chi connectivity index (χ1n) is 5.29. The van der Waals surface area contributed by atoms with Gasteiger partial charge in [-0.1, -0.05) is 0 Å². The summed E-state index contributed by atoms with van der Waals surface area (Å²) in [5.41, 5.74) is -1.29. The molecule has 2 rings (SSSR count). The smallest absolute Gasteiger partial charge is 0.335 e. The summed E-state index contributed by atoms with van der Waals surface area (Å²) >= 11 is 0. The Kier molecular flexibility index (Phi) is 2.61. The van der Waals surface area contributed by atoms with E-state index >= 15 is 0 Å². The average molecular weight is 255 g/mol. The van der Waals surface area contributed by atoms with Crippen molar-refractivity contribution in [2.24, 2.45) is 5.41 Å². The number of hydrogen-bond acceptors (Lipinski definition) is 2. The van der Waals surface area contributed by atoms with Gasteiger partial charge >= 0.3 is 5.97 Å². The van der Waals surface area contributed by atoms with Gasteiger partial charge in [0.15, 0.2) is 0 Å². The van der Waals surface area contributed by atoms with Crippen LogP contribution in [0.4, 0.5) is 14.5 Å². The van der Waals surface area contributed by atoms with Crippen LogP contribution in [0.1, 0.15) is 23.7 Å². The monoisotopic (exact) mass is 255 g/mol. The van der Waals surface area contributed by atoms with Gasteiger partial charge in [0.1, 0.15) is 5.41 Å². The Balaban J connectivity index is 2.07. The zero-order valence-electron chi connectivity index (χ0n) is 9.54. The molecule has 1 saturated carbocycles. The van der Waals surface area contributed by atoms with E-state index in [0.717, 1.165) is 0 Å². The number of benzene rings is 1. The second kappa shape index (κ2) is 3.76. The van der Waals surface area contributed by atoms with Crippen molar-refractivity contribution in [2.75, 3.05) is 5.32 Å². The molecule has 0 radical (unpaired) electrons. The van der Waals surface area contributed by atoms with Crippen LogP contribution < -0.4 is 5.32 Å². The molecule has 0 heterocycles. The molecule has 1 aromatic carbocycles. The number of carbonyl (C=O) groups is 2. The third kappa shape index (κ3) is 1.94. The van der Waals surface area contributed by atoms with E-state index in [4.69, 9.17) is 5.11 Å². The maximum absolute atomic E-state index is 13.0. The lowest BCUT2D eigenvalue weighted by molar-refractivity contribution is -0.123. The van der Waals surface area contributed by atoms with Gasteiger partial charge in [0, 0.05) is 12.1 Å². The van der Waals surface area contributed by atoms with Crippen LogP contribution in [0, 0.1) is 5.41 Å². The van der Waals surface area contributed by atoms with Crippen molar-refractivity contribution in [1.82, 2.24) is 0 Å². The Bertz CT molecular complexity index is 513. The Morgan fingerprint density at radius 3 is 2.17 bits per heavy atom. The normalized spacial score (nSPS) is 24.4. The van der Waals surface area contributed by atoms with Crippen molar-refractivity contribution in [2.45, 2.75) is 19.3 Å². The van der Waals surface area contributed by atoms with E-state index in [2.05, 4.69) is 5.32 Å². The molecular weight excluding hydrogens is 244 g/mol. The standard InChI is InChI=1S/C12H11F2NO3/c1-11(6-12(11,13)14)10(18)15-8-4-2-7(3-5-8)9(16)17/h2-5H,6H2,1H3,(H,15,18)(H,16,17)/t11-/m1/s1. The second-order valence-corrected chi connectivity index (χ2v) is 4.55. The summed E-state index contributed by atoms with van der Waals surface area (Å²) in [4.78, 5) is 22.2. The van der Waals surface area contributed by atoms with E-state index < -0.39 is 29.6 Å². The molecule has 18 heavy (non-hydrogen) atoms. The van der Waals surface area contributed by atoms with E-state index in [9.17, 15) is 18.4 Å². The number of aromatic carboxylic acids is 1. The Morgan fingerprint density at radius 2 is 1.78 bits per heavy atom. The summed E-state index contributed by atoms with van der Waals surface area (Å²) in [6.07, 6.45) is -0.459. The molecule has 1 aromatic rings. The molecule has 0 spiro atoms. The van der Waals surface area contributed by atoms with E-state index in [1.165, 1.54) is 31.2 Å². The van der Waals surface area contributed by atoms with Crippen molar-refractivity contribution in [3.63, 3.8) is 0 Å². The third-order valence-electron chi connectivity index (χ3n) is 3.15. The zero-order chi connectivity index (χ0) is 13.6. The number of alkyl halides is 2. The minimum Gasteiger partial charge on any atom is -0.478 e. The Labute approximate surface area is 102 Å². The van der Waals surface area contributed by atoms with Gasteiger partial charge in [-0.2, -0.15) is 0 Å². The molecule has 6 heteroatoms. The minimum atomic E-state index is -2.96. The quantitative estimate of drug-likeness (QED) is 0.871. The summed E-state index contributed by atoms with van der Waals surface area (Å²) in [5, 5.41) is 11.0. The predicted molar refractivity (Wildman–Crippen MR) is 59.7 cm³/mol. The first kappa shape index (κ1) is 12.5. The third-order valence-corrected chi connectivity index (χ3v) is 3.15. The van der Waals surface area contributed by atoms with Crippen molar-refractivity contribution in [1.29, 1.82) is 0 Å². The average Bonchev–Trinajstić information content (AvgIpc) is 2.80. The minimum absolute atomic E-state index is 0.0657. The fraction of sp³-hybridized carbons (Fsp3) is 0.333. The fourth-order valence-corrected chi connectivity index (χ4v) is 1.61. The lowest BCUT2D eigenvalue weighted by atomic mass is 10.1. The molecule has 4 nitrogen and oxygen atoms in total. The molecule has 1 atom stereocenters. The summed E-state index contributed by atoms with van der Waals surface area (Å²) in [5.74, 6) is -4.80. The van der Waals surface area contributed by atoms with Gasteiger partial charge in [0.05, 0.1) is 5.56 Å². The highest BCUT2D eigenvalue weighted by atomic mass is 19.3. The van der Waals surface area contributed by atoms with Crippen LogP contribution >= 0.6 is 0 Å². The van der Waals surface area contributed by atoms with E-state index in [0.29, 0.717) is 5.69 Å². The predicted octanol–water partition coefficient (Wildman–Crippen LogP) is 2.37. The number of amides is 1. The van der Waals surface area contributed by atoms with Gasteiger partial charge in [0.2, 0.25) is 5.91 Å². The van der Waals surface area contributed by atoms with Gasteiger partial charge in [-0.25, -0.2) is 13.6 Å². The van der Waals surface area contributed by atoms with Crippen molar-refractivity contribution in [3.05, 3.63) is 29.8 Å². The van der Waals surface area contributed by atoms with Gasteiger partial charge in [0.25, 0.3) is 5.92 Å². The van der Waals surface area contributed by atoms with E-state index in [1.807, 2.05) is 0 Å². The Morgan fingerprint density at radius 1 is 1.28 bits per heavy atom. The highest BCUT2D eigenvalue weighted by Gasteiger charge is 2.72. The molecule has 2 N–H and O–H groups in total. The van der Waals surface area contributed by atoms with Gasteiger partial charge in [-0.05, 0) is 31.2 Å². The van der Waals surface area contributed by atoms with Crippen LogP contribution in [0.15, 0.2) is 24.3 Å². The first-order valence-corrected chi connectivity index (χ1v) is 5.29. The number of nitrogens with one attached hydrogen (secondary N) is 1. The first-order chi connectivity index (χ1) is 8.26. The molecule has 1 aliphatic rings. The van der Waals surface area contributed by atoms with Gasteiger partial charge < -0.3 is 10.4 Å². The van der Waals surface area contributed by atoms with Crippen molar-refractivity contribution < 1.29 is 23.5 Å². The van der Waals surface area contributed by atoms with Crippen molar-refractivity contribution in [3.8, 4) is 0 Å². The molecule has 96 valence electrons. The molecular formula is C12H11F2NO3. The number of hydrogen-bond donors (Lipinski definition) is 2. The molecule has 1 aliphatic carbocycles. The maximum Gasteiger partial charge on any atom is 0.335 e. The Hall–Kier alpha value is -1.98. The number of rotatable bonds is 3. The van der Waals surface area contributed by atoms with Crippen LogP contribution in [-0.4, -0.2) is 22.9 Å². The fourth-order valence-electron chi connectivity index (χ4n) is 1.61. The SMILES string of the molecule is C[C@]1(C(=O)Nc2ccc(C(=O)O)cc2)CC1(F)F. The molecule has 1 amide bonds.